The van der Waals surface area contributed by atoms with E-state index in [0.29, 0.717) is 11.3 Å². The maximum Gasteiger partial charge on any atom is 0.336 e. The van der Waals surface area contributed by atoms with E-state index in [1.165, 1.54) is 0 Å². The Morgan fingerprint density at radius 1 is 1.11 bits per heavy atom. The van der Waals surface area contributed by atoms with E-state index in [1.54, 1.807) is 30.6 Å². The lowest BCUT2D eigenvalue weighted by atomic mass is 10.0. The molecular weight excluding hydrogens is 340 g/mol. The summed E-state index contributed by atoms with van der Waals surface area (Å²) >= 11 is 0. The number of pyridine rings is 1. The first kappa shape index (κ1) is 17.3. The van der Waals surface area contributed by atoms with Crippen molar-refractivity contribution in [2.75, 3.05) is 6.54 Å². The molecule has 0 radical (unpaired) electrons. The number of nitrogens with zero attached hydrogens (tertiary/aromatic N) is 4. The molecule has 1 saturated heterocycles. The molecule has 136 valence electrons. The molecule has 1 aliphatic heterocycles. The number of hydrogen-bond donors (Lipinski definition) is 1. The van der Waals surface area contributed by atoms with Crippen LogP contribution in [0.3, 0.4) is 0 Å². The van der Waals surface area contributed by atoms with Crippen molar-refractivity contribution in [2.24, 2.45) is 0 Å². The van der Waals surface area contributed by atoms with Crippen molar-refractivity contribution in [2.45, 2.75) is 25.4 Å². The molecule has 3 aromatic rings. The SMILES string of the molecule is O=C(O)c1ccccc1-c1ccc(CN2CCCC2c2cnccn2)cn1. The van der Waals surface area contributed by atoms with E-state index in [1.807, 2.05) is 30.6 Å². The first-order chi connectivity index (χ1) is 13.2. The first-order valence-corrected chi connectivity index (χ1v) is 9.00. The highest BCUT2D eigenvalue weighted by Gasteiger charge is 2.27. The van der Waals surface area contributed by atoms with Crippen LogP contribution in [0.2, 0.25) is 0 Å². The molecule has 3 heterocycles. The van der Waals surface area contributed by atoms with Gasteiger partial charge in [-0.25, -0.2) is 4.79 Å². The van der Waals surface area contributed by atoms with Gasteiger partial charge in [0.1, 0.15) is 0 Å². The third-order valence-corrected chi connectivity index (χ3v) is 4.93. The highest BCUT2D eigenvalue weighted by atomic mass is 16.4. The number of carboxylic acid groups (broad SMARTS) is 1. The van der Waals surface area contributed by atoms with Crippen molar-refractivity contribution in [1.82, 2.24) is 19.9 Å². The van der Waals surface area contributed by atoms with E-state index < -0.39 is 5.97 Å². The number of aromatic carboxylic acids is 1. The summed E-state index contributed by atoms with van der Waals surface area (Å²) in [6.07, 6.45) is 9.32. The van der Waals surface area contributed by atoms with Gasteiger partial charge in [-0.15, -0.1) is 0 Å². The molecule has 1 aromatic carbocycles. The second-order valence-electron chi connectivity index (χ2n) is 6.66. The lowest BCUT2D eigenvalue weighted by Gasteiger charge is -2.23. The standard InChI is InChI=1S/C21H20N4O2/c26-21(27)17-5-2-1-4-16(17)18-8-7-15(12-24-18)14-25-11-3-6-20(25)19-13-22-9-10-23-19/h1-2,4-5,7-10,12-13,20H,3,6,11,14H2,(H,26,27). The Morgan fingerprint density at radius 2 is 2.00 bits per heavy atom. The Hall–Kier alpha value is -3.12. The lowest BCUT2D eigenvalue weighted by Crippen LogP contribution is -2.23. The van der Waals surface area contributed by atoms with Crippen molar-refractivity contribution < 1.29 is 9.90 Å². The highest BCUT2D eigenvalue weighted by molar-refractivity contribution is 5.95. The van der Waals surface area contributed by atoms with E-state index in [0.717, 1.165) is 37.2 Å². The molecule has 1 aliphatic rings. The van der Waals surface area contributed by atoms with Gasteiger partial charge in [0.05, 0.1) is 23.0 Å². The number of carbonyl (C=O) groups is 1. The van der Waals surface area contributed by atoms with Crippen molar-refractivity contribution in [3.05, 3.63) is 78.0 Å². The monoisotopic (exact) mass is 360 g/mol. The zero-order valence-electron chi connectivity index (χ0n) is 14.8. The normalized spacial score (nSPS) is 17.1. The summed E-state index contributed by atoms with van der Waals surface area (Å²) in [6, 6.07) is 11.1. The molecule has 6 heteroatoms. The van der Waals surface area contributed by atoms with Gasteiger partial charge >= 0.3 is 5.97 Å². The fraction of sp³-hybridized carbons (Fsp3) is 0.238. The molecule has 0 saturated carbocycles. The minimum atomic E-state index is -0.944. The number of rotatable bonds is 5. The Bertz CT molecular complexity index is 928. The van der Waals surface area contributed by atoms with Crippen LogP contribution in [0.15, 0.2) is 61.2 Å². The van der Waals surface area contributed by atoms with Crippen LogP contribution in [0.25, 0.3) is 11.3 Å². The predicted molar refractivity (Wildman–Crippen MR) is 101 cm³/mol. The molecular formula is C21H20N4O2. The Labute approximate surface area is 157 Å². The van der Waals surface area contributed by atoms with E-state index in [9.17, 15) is 9.90 Å². The second kappa shape index (κ2) is 7.63. The smallest absolute Gasteiger partial charge is 0.336 e. The Kier molecular flexibility index (Phi) is 4.89. The van der Waals surface area contributed by atoms with Gasteiger partial charge in [-0.05, 0) is 37.1 Å². The second-order valence-corrected chi connectivity index (χ2v) is 6.66. The number of aromatic nitrogens is 3. The number of carboxylic acids is 1. The van der Waals surface area contributed by atoms with E-state index >= 15 is 0 Å². The summed E-state index contributed by atoms with van der Waals surface area (Å²) in [5, 5.41) is 9.36. The summed E-state index contributed by atoms with van der Waals surface area (Å²) in [5.41, 5.74) is 3.68. The Morgan fingerprint density at radius 3 is 2.74 bits per heavy atom. The molecule has 1 fully saturated rings. The molecule has 4 rings (SSSR count). The number of hydrogen-bond acceptors (Lipinski definition) is 5. The molecule has 1 atom stereocenters. The van der Waals surface area contributed by atoms with Gasteiger partial charge in [-0.1, -0.05) is 24.3 Å². The topological polar surface area (TPSA) is 79.2 Å². The molecule has 27 heavy (non-hydrogen) atoms. The Balaban J connectivity index is 1.53. The average molecular weight is 360 g/mol. The van der Waals surface area contributed by atoms with Gasteiger partial charge < -0.3 is 5.11 Å². The van der Waals surface area contributed by atoms with Crippen LogP contribution in [-0.4, -0.2) is 37.5 Å². The van der Waals surface area contributed by atoms with Crippen LogP contribution in [0.5, 0.6) is 0 Å². The van der Waals surface area contributed by atoms with Gasteiger partial charge in [0.25, 0.3) is 0 Å². The zero-order valence-corrected chi connectivity index (χ0v) is 14.8. The van der Waals surface area contributed by atoms with Crippen LogP contribution < -0.4 is 0 Å². The minimum Gasteiger partial charge on any atom is -0.478 e. The summed E-state index contributed by atoms with van der Waals surface area (Å²) in [5.74, 6) is -0.944. The minimum absolute atomic E-state index is 0.264. The molecule has 0 spiro atoms. The fourth-order valence-electron chi connectivity index (χ4n) is 3.64. The average Bonchev–Trinajstić information content (AvgIpc) is 3.17. The summed E-state index contributed by atoms with van der Waals surface area (Å²) in [7, 11) is 0. The largest absolute Gasteiger partial charge is 0.478 e. The maximum atomic E-state index is 11.4. The van der Waals surface area contributed by atoms with Crippen LogP contribution in [0.1, 0.15) is 40.5 Å². The molecule has 2 aromatic heterocycles. The third kappa shape index (κ3) is 3.71. The van der Waals surface area contributed by atoms with Crippen molar-refractivity contribution >= 4 is 5.97 Å². The van der Waals surface area contributed by atoms with Gasteiger partial charge in [-0.2, -0.15) is 0 Å². The molecule has 0 amide bonds. The quantitative estimate of drug-likeness (QED) is 0.749. The molecule has 1 N–H and O–H groups in total. The van der Waals surface area contributed by atoms with Gasteiger partial charge in [0, 0.05) is 36.9 Å². The fourth-order valence-corrected chi connectivity index (χ4v) is 3.64. The van der Waals surface area contributed by atoms with Crippen molar-refractivity contribution in [3.63, 3.8) is 0 Å². The third-order valence-electron chi connectivity index (χ3n) is 4.93. The van der Waals surface area contributed by atoms with Crippen LogP contribution in [0.4, 0.5) is 0 Å². The van der Waals surface area contributed by atoms with Crippen LogP contribution in [-0.2, 0) is 6.54 Å². The molecule has 0 bridgehead atoms. The maximum absolute atomic E-state index is 11.4. The van der Waals surface area contributed by atoms with Crippen LogP contribution >= 0.6 is 0 Å². The van der Waals surface area contributed by atoms with Crippen molar-refractivity contribution in [1.29, 1.82) is 0 Å². The van der Waals surface area contributed by atoms with E-state index in [4.69, 9.17) is 0 Å². The van der Waals surface area contributed by atoms with Crippen molar-refractivity contribution in [3.8, 4) is 11.3 Å². The predicted octanol–water partition coefficient (Wildman–Crippen LogP) is 3.57. The number of likely N-dealkylation sites (tertiary alicyclic amines) is 1. The van der Waals surface area contributed by atoms with Crippen LogP contribution in [0, 0.1) is 0 Å². The van der Waals surface area contributed by atoms with Gasteiger partial charge in [-0.3, -0.25) is 19.9 Å². The highest BCUT2D eigenvalue weighted by Crippen LogP contribution is 2.31. The summed E-state index contributed by atoms with van der Waals surface area (Å²) in [4.78, 5) is 27.0. The molecule has 6 nitrogen and oxygen atoms in total. The van der Waals surface area contributed by atoms with E-state index in [2.05, 4.69) is 19.9 Å². The summed E-state index contributed by atoms with van der Waals surface area (Å²) < 4.78 is 0. The van der Waals surface area contributed by atoms with Gasteiger partial charge in [0.15, 0.2) is 0 Å². The first-order valence-electron chi connectivity index (χ1n) is 9.00. The molecule has 0 aliphatic carbocycles. The zero-order chi connectivity index (χ0) is 18.6. The van der Waals surface area contributed by atoms with Gasteiger partial charge in [0.2, 0.25) is 0 Å². The summed E-state index contributed by atoms with van der Waals surface area (Å²) in [6.45, 7) is 1.81. The number of benzene rings is 1. The molecule has 1 unspecified atom stereocenters. The van der Waals surface area contributed by atoms with E-state index in [-0.39, 0.29) is 11.6 Å². The lowest BCUT2D eigenvalue weighted by molar-refractivity contribution is 0.0697.